The monoisotopic (exact) mass is 412 g/mol. The van der Waals surface area contributed by atoms with Crippen molar-refractivity contribution in [2.75, 3.05) is 5.32 Å². The van der Waals surface area contributed by atoms with Crippen LogP contribution in [-0.2, 0) is 0 Å². The van der Waals surface area contributed by atoms with Crippen LogP contribution in [0.15, 0.2) is 59.0 Å². The molecule has 0 saturated heterocycles. The fraction of sp³-hybridized carbons (Fsp3) is 0.259. The molecular formula is C27H28N2O2. The van der Waals surface area contributed by atoms with Crippen molar-refractivity contribution in [2.24, 2.45) is 0 Å². The van der Waals surface area contributed by atoms with E-state index in [1.165, 1.54) is 5.56 Å². The lowest BCUT2D eigenvalue weighted by Crippen LogP contribution is -2.13. The molecule has 4 nitrogen and oxygen atoms in total. The first-order valence-electron chi connectivity index (χ1n) is 10.7. The van der Waals surface area contributed by atoms with Gasteiger partial charge in [-0.05, 0) is 80.6 Å². The average Bonchev–Trinajstić information content (AvgIpc) is 3.17. The zero-order valence-corrected chi connectivity index (χ0v) is 18.7. The Bertz CT molecular complexity index is 1250. The van der Waals surface area contributed by atoms with Gasteiger partial charge in [-0.25, -0.2) is 4.98 Å². The van der Waals surface area contributed by atoms with Crippen LogP contribution in [0.4, 0.5) is 5.69 Å². The molecule has 3 aromatic carbocycles. The number of carbonyl (C=O) groups excluding carboxylic acids is 1. The van der Waals surface area contributed by atoms with Crippen molar-refractivity contribution in [2.45, 2.75) is 47.0 Å². The number of amides is 1. The molecular weight excluding hydrogens is 384 g/mol. The molecule has 0 radical (unpaired) electrons. The Hall–Kier alpha value is -3.40. The van der Waals surface area contributed by atoms with Crippen LogP contribution in [0.25, 0.3) is 22.6 Å². The van der Waals surface area contributed by atoms with Gasteiger partial charge in [-0.1, -0.05) is 43.2 Å². The third-order valence-corrected chi connectivity index (χ3v) is 5.81. The van der Waals surface area contributed by atoms with Gasteiger partial charge in [0, 0.05) is 16.8 Å². The lowest BCUT2D eigenvalue weighted by atomic mass is 9.98. The van der Waals surface area contributed by atoms with E-state index in [1.54, 1.807) is 0 Å². The molecule has 31 heavy (non-hydrogen) atoms. The zero-order chi connectivity index (χ0) is 22.1. The van der Waals surface area contributed by atoms with Gasteiger partial charge in [-0.3, -0.25) is 4.79 Å². The fourth-order valence-electron chi connectivity index (χ4n) is 3.80. The summed E-state index contributed by atoms with van der Waals surface area (Å²) in [6, 6.07) is 17.9. The second-order valence-corrected chi connectivity index (χ2v) is 8.42. The summed E-state index contributed by atoms with van der Waals surface area (Å²) in [4.78, 5) is 17.6. The van der Waals surface area contributed by atoms with E-state index >= 15 is 0 Å². The molecule has 1 unspecified atom stereocenters. The SMILES string of the molecule is CCC(C)c1ccc2oc(-c3ccc(C)c(NC(=O)c4cc(C)cc(C)c4)c3)nc2c1. The molecule has 0 aliphatic rings. The van der Waals surface area contributed by atoms with E-state index in [1.807, 2.05) is 57.2 Å². The summed E-state index contributed by atoms with van der Waals surface area (Å²) in [6.45, 7) is 10.4. The van der Waals surface area contributed by atoms with Crippen LogP contribution in [0.2, 0.25) is 0 Å². The average molecular weight is 413 g/mol. The summed E-state index contributed by atoms with van der Waals surface area (Å²) in [5.74, 6) is 0.914. The summed E-state index contributed by atoms with van der Waals surface area (Å²) in [7, 11) is 0. The molecule has 1 atom stereocenters. The van der Waals surface area contributed by atoms with Crippen molar-refractivity contribution < 1.29 is 9.21 Å². The Balaban J connectivity index is 1.65. The van der Waals surface area contributed by atoms with Gasteiger partial charge in [-0.2, -0.15) is 0 Å². The minimum Gasteiger partial charge on any atom is -0.436 e. The maximum Gasteiger partial charge on any atom is 0.255 e. The third kappa shape index (κ3) is 4.38. The second kappa shape index (κ2) is 8.38. The number of carbonyl (C=O) groups is 1. The lowest BCUT2D eigenvalue weighted by Gasteiger charge is -2.11. The molecule has 1 N–H and O–H groups in total. The first-order chi connectivity index (χ1) is 14.8. The van der Waals surface area contributed by atoms with Crippen LogP contribution in [0.5, 0.6) is 0 Å². The molecule has 158 valence electrons. The number of hydrogen-bond donors (Lipinski definition) is 1. The molecule has 0 bridgehead atoms. The number of aryl methyl sites for hydroxylation is 3. The van der Waals surface area contributed by atoms with Crippen molar-refractivity contribution in [3.05, 3.63) is 82.4 Å². The maximum atomic E-state index is 12.8. The predicted octanol–water partition coefficient (Wildman–Crippen LogP) is 7.19. The normalized spacial score (nSPS) is 12.2. The summed E-state index contributed by atoms with van der Waals surface area (Å²) in [5.41, 5.74) is 8.25. The van der Waals surface area contributed by atoms with Gasteiger partial charge >= 0.3 is 0 Å². The largest absolute Gasteiger partial charge is 0.436 e. The fourth-order valence-corrected chi connectivity index (χ4v) is 3.80. The molecule has 0 saturated carbocycles. The Morgan fingerprint density at radius 2 is 1.74 bits per heavy atom. The number of anilines is 1. The highest BCUT2D eigenvalue weighted by molar-refractivity contribution is 6.05. The molecule has 0 spiro atoms. The quantitative estimate of drug-likeness (QED) is 0.377. The van der Waals surface area contributed by atoms with Crippen LogP contribution in [0.1, 0.15) is 58.8 Å². The molecule has 0 aliphatic carbocycles. The number of oxazole rings is 1. The molecule has 4 heteroatoms. The Kier molecular flexibility index (Phi) is 5.64. The Morgan fingerprint density at radius 1 is 1.00 bits per heavy atom. The summed E-state index contributed by atoms with van der Waals surface area (Å²) in [5, 5.41) is 3.05. The molecule has 0 aliphatic heterocycles. The van der Waals surface area contributed by atoms with Gasteiger partial charge < -0.3 is 9.73 Å². The topological polar surface area (TPSA) is 55.1 Å². The molecule has 4 rings (SSSR count). The zero-order valence-electron chi connectivity index (χ0n) is 18.7. The number of fused-ring (bicyclic) bond motifs is 1. The highest BCUT2D eigenvalue weighted by Crippen LogP contribution is 2.30. The molecule has 1 heterocycles. The molecule has 1 aromatic heterocycles. The van der Waals surface area contributed by atoms with Gasteiger partial charge in [0.2, 0.25) is 5.89 Å². The van der Waals surface area contributed by atoms with E-state index < -0.39 is 0 Å². The van der Waals surface area contributed by atoms with Crippen LogP contribution in [0.3, 0.4) is 0 Å². The lowest BCUT2D eigenvalue weighted by molar-refractivity contribution is 0.102. The first-order valence-corrected chi connectivity index (χ1v) is 10.7. The number of nitrogens with zero attached hydrogens (tertiary/aromatic N) is 1. The van der Waals surface area contributed by atoms with Gasteiger partial charge in [0.05, 0.1) is 0 Å². The van der Waals surface area contributed by atoms with Gasteiger partial charge in [0.15, 0.2) is 5.58 Å². The van der Waals surface area contributed by atoms with Crippen LogP contribution < -0.4 is 5.32 Å². The van der Waals surface area contributed by atoms with Crippen LogP contribution in [-0.4, -0.2) is 10.9 Å². The van der Waals surface area contributed by atoms with Crippen molar-refractivity contribution in [3.63, 3.8) is 0 Å². The van der Waals surface area contributed by atoms with Crippen LogP contribution in [0, 0.1) is 20.8 Å². The molecule has 1 amide bonds. The number of aromatic nitrogens is 1. The smallest absolute Gasteiger partial charge is 0.255 e. The van der Waals surface area contributed by atoms with Crippen molar-refractivity contribution in [1.82, 2.24) is 4.98 Å². The number of rotatable bonds is 5. The van der Waals surface area contributed by atoms with Crippen molar-refractivity contribution in [3.8, 4) is 11.5 Å². The van der Waals surface area contributed by atoms with E-state index in [0.29, 0.717) is 17.4 Å². The number of hydrogen-bond acceptors (Lipinski definition) is 3. The van der Waals surface area contributed by atoms with Gasteiger partial charge in [-0.15, -0.1) is 0 Å². The highest BCUT2D eigenvalue weighted by Gasteiger charge is 2.14. The third-order valence-electron chi connectivity index (χ3n) is 5.81. The summed E-state index contributed by atoms with van der Waals surface area (Å²) < 4.78 is 6.01. The van der Waals surface area contributed by atoms with E-state index in [4.69, 9.17) is 9.40 Å². The molecule has 4 aromatic rings. The van der Waals surface area contributed by atoms with Crippen LogP contribution >= 0.6 is 0 Å². The Morgan fingerprint density at radius 3 is 2.45 bits per heavy atom. The van der Waals surface area contributed by atoms with Crippen molar-refractivity contribution in [1.29, 1.82) is 0 Å². The predicted molar refractivity (Wildman–Crippen MR) is 127 cm³/mol. The minimum absolute atomic E-state index is 0.122. The van der Waals surface area contributed by atoms with E-state index in [-0.39, 0.29) is 5.91 Å². The summed E-state index contributed by atoms with van der Waals surface area (Å²) in [6.07, 6.45) is 1.08. The first kappa shape index (κ1) is 20.9. The number of nitrogens with one attached hydrogen (secondary N) is 1. The number of benzene rings is 3. The van der Waals surface area contributed by atoms with E-state index in [2.05, 4.69) is 37.4 Å². The standard InChI is InChI=1S/C27H28N2O2/c1-6-18(4)20-9-10-25-24(14-20)29-27(31-25)21-8-7-19(5)23(15-21)28-26(30)22-12-16(2)11-17(3)13-22/h7-15,18H,6H2,1-5H3,(H,28,30). The minimum atomic E-state index is -0.122. The maximum absolute atomic E-state index is 12.8. The van der Waals surface area contributed by atoms with Gasteiger partial charge in [0.25, 0.3) is 5.91 Å². The Labute approximate surface area is 183 Å². The van der Waals surface area contributed by atoms with E-state index in [9.17, 15) is 4.79 Å². The second-order valence-electron chi connectivity index (χ2n) is 8.42. The van der Waals surface area contributed by atoms with Crippen molar-refractivity contribution >= 4 is 22.7 Å². The molecule has 0 fully saturated rings. The highest BCUT2D eigenvalue weighted by atomic mass is 16.3. The van der Waals surface area contributed by atoms with Gasteiger partial charge in [0.1, 0.15) is 5.52 Å². The van der Waals surface area contributed by atoms with E-state index in [0.717, 1.165) is 45.5 Å². The summed E-state index contributed by atoms with van der Waals surface area (Å²) >= 11 is 0.